The molecule has 0 radical (unpaired) electrons. The first kappa shape index (κ1) is 13.6. The van der Waals surface area contributed by atoms with Crippen molar-refractivity contribution in [2.24, 2.45) is 0 Å². The van der Waals surface area contributed by atoms with Crippen LogP contribution in [0, 0.1) is 12.7 Å². The number of rotatable bonds is 1. The highest BCUT2D eigenvalue weighted by molar-refractivity contribution is 5.94. The summed E-state index contributed by atoms with van der Waals surface area (Å²) in [5.74, 6) is -0.728. The van der Waals surface area contributed by atoms with Gasteiger partial charge in [0.1, 0.15) is 5.82 Å². The van der Waals surface area contributed by atoms with E-state index in [0.29, 0.717) is 18.8 Å². The van der Waals surface area contributed by atoms with Crippen LogP contribution in [0.4, 0.5) is 10.1 Å². The normalized spacial score (nSPS) is 13.9. The summed E-state index contributed by atoms with van der Waals surface area (Å²) in [5, 5.41) is 0. The molecule has 21 heavy (non-hydrogen) atoms. The molecule has 3 rings (SSSR count). The van der Waals surface area contributed by atoms with Gasteiger partial charge in [-0.05, 0) is 48.7 Å². The smallest absolute Gasteiger partial charge is 0.257 e. The fraction of sp³-hybridized carbons (Fsp3) is 0.235. The first-order chi connectivity index (χ1) is 10.0. The summed E-state index contributed by atoms with van der Waals surface area (Å²) >= 11 is 0. The van der Waals surface area contributed by atoms with Crippen molar-refractivity contribution in [3.8, 4) is 0 Å². The maximum atomic E-state index is 13.9. The molecule has 0 aliphatic carbocycles. The lowest BCUT2D eigenvalue weighted by Gasteiger charge is -2.29. The number of nitrogens with two attached hydrogens (primary N) is 1. The van der Waals surface area contributed by atoms with Gasteiger partial charge in [-0.2, -0.15) is 0 Å². The number of halogens is 1. The highest BCUT2D eigenvalue weighted by atomic mass is 19.1. The van der Waals surface area contributed by atoms with Gasteiger partial charge in [0.05, 0.1) is 5.56 Å². The molecule has 0 bridgehead atoms. The molecular weight excluding hydrogens is 267 g/mol. The van der Waals surface area contributed by atoms with Crippen LogP contribution in [0.3, 0.4) is 0 Å². The Morgan fingerprint density at radius 2 is 2.00 bits per heavy atom. The molecule has 3 nitrogen and oxygen atoms in total. The lowest BCUT2D eigenvalue weighted by Crippen LogP contribution is -2.36. The van der Waals surface area contributed by atoms with E-state index in [1.165, 1.54) is 11.6 Å². The molecule has 2 aromatic rings. The Kier molecular flexibility index (Phi) is 3.37. The van der Waals surface area contributed by atoms with E-state index >= 15 is 0 Å². The summed E-state index contributed by atoms with van der Waals surface area (Å²) in [4.78, 5) is 14.2. The predicted octanol–water partition coefficient (Wildman–Crippen LogP) is 2.91. The number of hydrogen-bond acceptors (Lipinski definition) is 2. The first-order valence-electron chi connectivity index (χ1n) is 6.97. The fourth-order valence-corrected chi connectivity index (χ4v) is 2.72. The summed E-state index contributed by atoms with van der Waals surface area (Å²) in [6.45, 7) is 2.93. The molecule has 0 unspecified atom stereocenters. The zero-order chi connectivity index (χ0) is 15.0. The fourth-order valence-electron chi connectivity index (χ4n) is 2.72. The van der Waals surface area contributed by atoms with E-state index in [-0.39, 0.29) is 11.5 Å². The number of anilines is 1. The average Bonchev–Trinajstić information content (AvgIpc) is 2.48. The molecule has 1 heterocycles. The number of fused-ring (bicyclic) bond motifs is 1. The van der Waals surface area contributed by atoms with Gasteiger partial charge in [-0.15, -0.1) is 0 Å². The number of hydrogen-bond donors (Lipinski definition) is 1. The highest BCUT2D eigenvalue weighted by Gasteiger charge is 2.23. The van der Waals surface area contributed by atoms with Crippen molar-refractivity contribution in [3.63, 3.8) is 0 Å². The topological polar surface area (TPSA) is 46.3 Å². The zero-order valence-electron chi connectivity index (χ0n) is 11.9. The standard InChI is InChI=1S/C17H17FN2O/c1-11-2-5-16(18)15(8-11)17(21)20-7-6-12-3-4-14(19)9-13(12)10-20/h2-5,8-9H,6-7,10,19H2,1H3. The predicted molar refractivity (Wildman–Crippen MR) is 80.4 cm³/mol. The van der Waals surface area contributed by atoms with Gasteiger partial charge in [0, 0.05) is 18.8 Å². The molecule has 0 atom stereocenters. The van der Waals surface area contributed by atoms with Crippen molar-refractivity contribution in [3.05, 3.63) is 64.5 Å². The number of amides is 1. The van der Waals surface area contributed by atoms with Gasteiger partial charge in [0.2, 0.25) is 0 Å². The maximum absolute atomic E-state index is 13.9. The Labute approximate surface area is 123 Å². The van der Waals surface area contributed by atoms with Gasteiger partial charge in [-0.25, -0.2) is 4.39 Å². The summed E-state index contributed by atoms with van der Waals surface area (Å²) in [7, 11) is 0. The van der Waals surface area contributed by atoms with Gasteiger partial charge in [0.15, 0.2) is 0 Å². The lowest BCUT2D eigenvalue weighted by molar-refractivity contribution is 0.0730. The number of nitrogens with zero attached hydrogens (tertiary/aromatic N) is 1. The van der Waals surface area contributed by atoms with E-state index in [1.54, 1.807) is 17.0 Å². The molecule has 1 aliphatic heterocycles. The molecule has 1 aliphatic rings. The minimum atomic E-state index is -0.469. The van der Waals surface area contributed by atoms with Crippen LogP contribution in [0.5, 0.6) is 0 Å². The molecule has 0 saturated carbocycles. The number of carbonyl (C=O) groups is 1. The molecular formula is C17H17FN2O. The maximum Gasteiger partial charge on any atom is 0.257 e. The number of benzene rings is 2. The number of nitrogen functional groups attached to an aromatic ring is 1. The Morgan fingerprint density at radius 1 is 1.19 bits per heavy atom. The van der Waals surface area contributed by atoms with Gasteiger partial charge >= 0.3 is 0 Å². The van der Waals surface area contributed by atoms with E-state index in [2.05, 4.69) is 0 Å². The van der Waals surface area contributed by atoms with Crippen LogP contribution in [-0.2, 0) is 13.0 Å². The van der Waals surface area contributed by atoms with Crippen LogP contribution in [0.1, 0.15) is 27.0 Å². The van der Waals surface area contributed by atoms with E-state index < -0.39 is 5.82 Å². The van der Waals surface area contributed by atoms with Gasteiger partial charge < -0.3 is 10.6 Å². The summed E-state index contributed by atoms with van der Waals surface area (Å²) in [5.41, 5.74) is 9.75. The quantitative estimate of drug-likeness (QED) is 0.818. The first-order valence-corrected chi connectivity index (χ1v) is 6.97. The lowest BCUT2D eigenvalue weighted by atomic mass is 9.98. The van der Waals surface area contributed by atoms with E-state index in [0.717, 1.165) is 17.5 Å². The summed E-state index contributed by atoms with van der Waals surface area (Å²) in [6, 6.07) is 10.4. The minimum absolute atomic E-state index is 0.141. The Bertz CT molecular complexity index is 712. The molecule has 0 aromatic heterocycles. The Balaban J connectivity index is 1.88. The third-order valence-electron chi connectivity index (χ3n) is 3.88. The van der Waals surface area contributed by atoms with Crippen molar-refractivity contribution in [1.29, 1.82) is 0 Å². The number of carbonyl (C=O) groups excluding carboxylic acids is 1. The monoisotopic (exact) mass is 284 g/mol. The second kappa shape index (κ2) is 5.20. The second-order valence-electron chi connectivity index (χ2n) is 5.49. The molecule has 0 saturated heterocycles. The third kappa shape index (κ3) is 2.61. The molecule has 0 fully saturated rings. The van der Waals surface area contributed by atoms with Crippen molar-refractivity contribution in [2.45, 2.75) is 19.9 Å². The summed E-state index contributed by atoms with van der Waals surface area (Å²) < 4.78 is 13.9. The summed E-state index contributed by atoms with van der Waals surface area (Å²) in [6.07, 6.45) is 0.773. The molecule has 2 N–H and O–H groups in total. The van der Waals surface area contributed by atoms with Crippen molar-refractivity contribution >= 4 is 11.6 Å². The van der Waals surface area contributed by atoms with Gasteiger partial charge in [-0.3, -0.25) is 4.79 Å². The second-order valence-corrected chi connectivity index (χ2v) is 5.49. The largest absolute Gasteiger partial charge is 0.399 e. The highest BCUT2D eigenvalue weighted by Crippen LogP contribution is 2.23. The van der Waals surface area contributed by atoms with Crippen LogP contribution < -0.4 is 5.73 Å². The van der Waals surface area contributed by atoms with Crippen molar-refractivity contribution in [1.82, 2.24) is 4.90 Å². The average molecular weight is 284 g/mol. The zero-order valence-corrected chi connectivity index (χ0v) is 11.9. The van der Waals surface area contributed by atoms with Crippen LogP contribution in [-0.4, -0.2) is 17.4 Å². The SMILES string of the molecule is Cc1ccc(F)c(C(=O)N2CCc3ccc(N)cc3C2)c1. The van der Waals surface area contributed by atoms with Gasteiger partial charge in [-0.1, -0.05) is 17.7 Å². The Morgan fingerprint density at radius 3 is 2.81 bits per heavy atom. The minimum Gasteiger partial charge on any atom is -0.399 e. The third-order valence-corrected chi connectivity index (χ3v) is 3.88. The van der Waals surface area contributed by atoms with Crippen LogP contribution >= 0.6 is 0 Å². The van der Waals surface area contributed by atoms with Gasteiger partial charge in [0.25, 0.3) is 5.91 Å². The van der Waals surface area contributed by atoms with Crippen LogP contribution in [0.2, 0.25) is 0 Å². The molecule has 108 valence electrons. The van der Waals surface area contributed by atoms with Crippen LogP contribution in [0.15, 0.2) is 36.4 Å². The van der Waals surface area contributed by atoms with Crippen molar-refractivity contribution in [2.75, 3.05) is 12.3 Å². The van der Waals surface area contributed by atoms with E-state index in [1.807, 2.05) is 25.1 Å². The van der Waals surface area contributed by atoms with E-state index in [9.17, 15) is 9.18 Å². The molecule has 0 spiro atoms. The molecule has 1 amide bonds. The number of aryl methyl sites for hydroxylation is 1. The van der Waals surface area contributed by atoms with Crippen LogP contribution in [0.25, 0.3) is 0 Å². The van der Waals surface area contributed by atoms with E-state index in [4.69, 9.17) is 5.73 Å². The molecule has 4 heteroatoms. The molecule has 2 aromatic carbocycles. The Hall–Kier alpha value is -2.36. The van der Waals surface area contributed by atoms with Crippen molar-refractivity contribution < 1.29 is 9.18 Å².